The van der Waals surface area contributed by atoms with Gasteiger partial charge in [-0.05, 0) is 18.8 Å². The number of hydrogen-bond acceptors (Lipinski definition) is 3. The number of rotatable bonds is 7. The predicted molar refractivity (Wildman–Crippen MR) is 57.5 cm³/mol. The van der Waals surface area contributed by atoms with E-state index in [0.717, 1.165) is 0 Å². The third-order valence-electron chi connectivity index (χ3n) is 2.75. The summed E-state index contributed by atoms with van der Waals surface area (Å²) in [7, 11) is 0. The second kappa shape index (κ2) is 7.65. The largest absolute Gasteiger partial charge is 0.394 e. The van der Waals surface area contributed by atoms with E-state index in [1.165, 1.54) is 25.7 Å². The van der Waals surface area contributed by atoms with E-state index in [2.05, 4.69) is 5.32 Å². The van der Waals surface area contributed by atoms with Gasteiger partial charge in [0.05, 0.1) is 19.8 Å². The number of aliphatic hydroxyl groups is 1. The van der Waals surface area contributed by atoms with Gasteiger partial charge in [-0.2, -0.15) is 0 Å². The van der Waals surface area contributed by atoms with Crippen LogP contribution in [-0.2, 0) is 9.53 Å². The van der Waals surface area contributed by atoms with Crippen molar-refractivity contribution in [1.82, 2.24) is 5.32 Å². The zero-order valence-electron chi connectivity index (χ0n) is 9.21. The summed E-state index contributed by atoms with van der Waals surface area (Å²) < 4.78 is 5.04. The fourth-order valence-electron chi connectivity index (χ4n) is 1.98. The van der Waals surface area contributed by atoms with Crippen LogP contribution in [0.1, 0.15) is 32.1 Å². The second-order valence-electron chi connectivity index (χ2n) is 4.04. The van der Waals surface area contributed by atoms with Crippen molar-refractivity contribution < 1.29 is 14.6 Å². The van der Waals surface area contributed by atoms with Crippen LogP contribution in [0.5, 0.6) is 0 Å². The van der Waals surface area contributed by atoms with Gasteiger partial charge in [0, 0.05) is 13.0 Å². The summed E-state index contributed by atoms with van der Waals surface area (Å²) in [6.07, 6.45) is 5.62. The summed E-state index contributed by atoms with van der Waals surface area (Å²) in [5.41, 5.74) is 0. The maximum absolute atomic E-state index is 11.4. The van der Waals surface area contributed by atoms with Gasteiger partial charge < -0.3 is 15.2 Å². The first-order valence-corrected chi connectivity index (χ1v) is 5.78. The Morgan fingerprint density at radius 1 is 1.33 bits per heavy atom. The van der Waals surface area contributed by atoms with Crippen LogP contribution in [0.25, 0.3) is 0 Å². The minimum Gasteiger partial charge on any atom is -0.394 e. The minimum atomic E-state index is 0.0377. The Bertz CT molecular complexity index is 179. The molecule has 88 valence electrons. The van der Waals surface area contributed by atoms with E-state index in [1.807, 2.05) is 0 Å². The van der Waals surface area contributed by atoms with Crippen molar-refractivity contribution in [1.29, 1.82) is 0 Å². The lowest BCUT2D eigenvalue weighted by Crippen LogP contribution is -2.28. The average Bonchev–Trinajstić information content (AvgIpc) is 2.70. The van der Waals surface area contributed by atoms with Crippen molar-refractivity contribution in [2.24, 2.45) is 5.92 Å². The zero-order chi connectivity index (χ0) is 10.9. The molecule has 0 aromatic heterocycles. The average molecular weight is 215 g/mol. The Balaban J connectivity index is 1.93. The molecule has 0 aliphatic heterocycles. The van der Waals surface area contributed by atoms with Crippen LogP contribution in [-0.4, -0.2) is 37.4 Å². The quantitative estimate of drug-likeness (QED) is 0.614. The van der Waals surface area contributed by atoms with Crippen molar-refractivity contribution >= 4 is 5.91 Å². The van der Waals surface area contributed by atoms with E-state index in [-0.39, 0.29) is 12.5 Å². The molecule has 0 aromatic rings. The summed E-state index contributed by atoms with van der Waals surface area (Å²) >= 11 is 0. The monoisotopic (exact) mass is 215 g/mol. The lowest BCUT2D eigenvalue weighted by Gasteiger charge is -2.09. The number of carbonyl (C=O) groups is 1. The first-order chi connectivity index (χ1) is 7.33. The number of carbonyl (C=O) groups excluding carboxylic acids is 1. The summed E-state index contributed by atoms with van der Waals surface area (Å²) in [5, 5.41) is 11.3. The van der Waals surface area contributed by atoms with E-state index in [1.54, 1.807) is 0 Å². The molecule has 1 rings (SSSR count). The molecule has 0 heterocycles. The van der Waals surface area contributed by atoms with Crippen molar-refractivity contribution in [3.8, 4) is 0 Å². The highest BCUT2D eigenvalue weighted by molar-refractivity contribution is 5.76. The molecule has 4 heteroatoms. The fourth-order valence-corrected chi connectivity index (χ4v) is 1.98. The molecular formula is C11H21NO3. The maximum atomic E-state index is 11.4. The molecule has 0 unspecified atom stereocenters. The predicted octanol–water partition coefficient (Wildman–Crippen LogP) is 0.692. The van der Waals surface area contributed by atoms with Crippen LogP contribution in [0.2, 0.25) is 0 Å². The Morgan fingerprint density at radius 3 is 2.73 bits per heavy atom. The molecule has 0 atom stereocenters. The van der Waals surface area contributed by atoms with Crippen LogP contribution in [0.15, 0.2) is 0 Å². The third kappa shape index (κ3) is 5.74. The molecular weight excluding hydrogens is 194 g/mol. The van der Waals surface area contributed by atoms with E-state index in [0.29, 0.717) is 32.1 Å². The molecule has 0 spiro atoms. The molecule has 0 radical (unpaired) electrons. The molecule has 1 saturated carbocycles. The molecule has 4 nitrogen and oxygen atoms in total. The van der Waals surface area contributed by atoms with Crippen molar-refractivity contribution in [3.05, 3.63) is 0 Å². The van der Waals surface area contributed by atoms with E-state index < -0.39 is 0 Å². The molecule has 1 amide bonds. The lowest BCUT2D eigenvalue weighted by atomic mass is 10.0. The molecule has 1 aliphatic carbocycles. The number of hydrogen-bond donors (Lipinski definition) is 2. The number of nitrogens with one attached hydrogen (secondary N) is 1. The fraction of sp³-hybridized carbons (Fsp3) is 0.909. The van der Waals surface area contributed by atoms with E-state index in [9.17, 15) is 4.79 Å². The van der Waals surface area contributed by atoms with E-state index in [4.69, 9.17) is 9.84 Å². The van der Waals surface area contributed by atoms with Crippen LogP contribution in [0.4, 0.5) is 0 Å². The molecule has 0 bridgehead atoms. The molecule has 2 N–H and O–H groups in total. The molecule has 0 saturated heterocycles. The topological polar surface area (TPSA) is 58.6 Å². The van der Waals surface area contributed by atoms with Gasteiger partial charge in [0.1, 0.15) is 0 Å². The molecule has 1 aliphatic rings. The summed E-state index contributed by atoms with van der Waals surface area (Å²) in [6.45, 7) is 1.41. The standard InChI is InChI=1S/C11H21NO3/c13-6-8-15-7-5-12-11(14)9-10-3-1-2-4-10/h10,13H,1-9H2,(H,12,14). The number of ether oxygens (including phenoxy) is 1. The van der Waals surface area contributed by atoms with Gasteiger partial charge in [-0.25, -0.2) is 0 Å². The number of aliphatic hydroxyl groups excluding tert-OH is 1. The third-order valence-corrected chi connectivity index (χ3v) is 2.75. The normalized spacial score (nSPS) is 16.9. The first-order valence-electron chi connectivity index (χ1n) is 5.78. The van der Waals surface area contributed by atoms with Gasteiger partial charge in [0.2, 0.25) is 5.91 Å². The Kier molecular flexibility index (Phi) is 6.36. The highest BCUT2D eigenvalue weighted by Gasteiger charge is 2.17. The van der Waals surface area contributed by atoms with Crippen molar-refractivity contribution in [3.63, 3.8) is 0 Å². The zero-order valence-corrected chi connectivity index (χ0v) is 9.21. The SMILES string of the molecule is O=C(CC1CCCC1)NCCOCCO. The Morgan fingerprint density at radius 2 is 2.07 bits per heavy atom. The van der Waals surface area contributed by atoms with Crippen molar-refractivity contribution in [2.45, 2.75) is 32.1 Å². The summed E-state index contributed by atoms with van der Waals surface area (Å²) in [4.78, 5) is 11.4. The number of amides is 1. The van der Waals surface area contributed by atoms with Crippen LogP contribution in [0.3, 0.4) is 0 Å². The molecule has 15 heavy (non-hydrogen) atoms. The van der Waals surface area contributed by atoms with Gasteiger partial charge in [-0.3, -0.25) is 4.79 Å². The highest BCUT2D eigenvalue weighted by atomic mass is 16.5. The van der Waals surface area contributed by atoms with Crippen LogP contribution >= 0.6 is 0 Å². The Labute approximate surface area is 91.0 Å². The Hall–Kier alpha value is -0.610. The van der Waals surface area contributed by atoms with Gasteiger partial charge in [0.15, 0.2) is 0 Å². The van der Waals surface area contributed by atoms with Gasteiger partial charge in [-0.15, -0.1) is 0 Å². The summed E-state index contributed by atoms with van der Waals surface area (Å²) in [6, 6.07) is 0. The molecule has 1 fully saturated rings. The van der Waals surface area contributed by atoms with Crippen molar-refractivity contribution in [2.75, 3.05) is 26.4 Å². The van der Waals surface area contributed by atoms with Gasteiger partial charge in [-0.1, -0.05) is 12.8 Å². The minimum absolute atomic E-state index is 0.0377. The molecule has 0 aromatic carbocycles. The highest BCUT2D eigenvalue weighted by Crippen LogP contribution is 2.27. The second-order valence-corrected chi connectivity index (χ2v) is 4.04. The first kappa shape index (κ1) is 12.5. The van der Waals surface area contributed by atoms with E-state index >= 15 is 0 Å². The maximum Gasteiger partial charge on any atom is 0.220 e. The van der Waals surface area contributed by atoms with Gasteiger partial charge >= 0.3 is 0 Å². The van der Waals surface area contributed by atoms with Crippen LogP contribution in [0, 0.1) is 5.92 Å². The smallest absolute Gasteiger partial charge is 0.220 e. The van der Waals surface area contributed by atoms with Gasteiger partial charge in [0.25, 0.3) is 0 Å². The van der Waals surface area contributed by atoms with Crippen LogP contribution < -0.4 is 5.32 Å². The lowest BCUT2D eigenvalue weighted by molar-refractivity contribution is -0.122. The summed E-state index contributed by atoms with van der Waals surface area (Å²) in [5.74, 6) is 0.734.